The average molecular weight is 202 g/mol. The first-order chi connectivity index (χ1) is 6.44. The molecule has 0 spiro atoms. The van der Waals surface area contributed by atoms with Crippen LogP contribution in [0.25, 0.3) is 0 Å². The fourth-order valence-corrected chi connectivity index (χ4v) is 1.11. The number of aliphatic hydroxyl groups is 1. The Labute approximate surface area is 85.4 Å². The van der Waals surface area contributed by atoms with Gasteiger partial charge in [0.2, 0.25) is 0 Å². The lowest BCUT2D eigenvalue weighted by molar-refractivity contribution is -0.958. The van der Waals surface area contributed by atoms with Gasteiger partial charge in [-0.05, 0) is 13.3 Å². The van der Waals surface area contributed by atoms with Crippen molar-refractivity contribution in [2.75, 3.05) is 20.6 Å². The summed E-state index contributed by atoms with van der Waals surface area (Å²) < 4.78 is 5.07. The van der Waals surface area contributed by atoms with Gasteiger partial charge in [0.05, 0.1) is 20.6 Å². The molecule has 1 unspecified atom stereocenters. The molecule has 0 saturated carbocycles. The number of allylic oxidation sites excluding steroid dienone is 1. The lowest BCUT2D eigenvalue weighted by Gasteiger charge is -2.32. The molecule has 82 valence electrons. The highest BCUT2D eigenvalue weighted by Crippen LogP contribution is 2.07. The van der Waals surface area contributed by atoms with E-state index in [-0.39, 0.29) is 4.48 Å². The van der Waals surface area contributed by atoms with E-state index in [1.165, 1.54) is 6.08 Å². The van der Waals surface area contributed by atoms with Crippen molar-refractivity contribution in [3.8, 4) is 0 Å². The van der Waals surface area contributed by atoms with Crippen LogP contribution in [0.4, 0.5) is 0 Å². The van der Waals surface area contributed by atoms with Crippen LogP contribution in [0.3, 0.4) is 0 Å². The Morgan fingerprint density at radius 2 is 2.14 bits per heavy atom. The number of hydrogen-bond acceptors (Lipinski definition) is 3. The molecule has 1 N–H and O–H groups in total. The van der Waals surface area contributed by atoms with E-state index < -0.39 is 12.4 Å². The van der Waals surface area contributed by atoms with Gasteiger partial charge in [0.25, 0.3) is 0 Å². The summed E-state index contributed by atoms with van der Waals surface area (Å²) in [5, 5.41) is 9.60. The van der Waals surface area contributed by atoms with Crippen LogP contribution < -0.4 is 0 Å². The highest BCUT2D eigenvalue weighted by Gasteiger charge is 2.27. The number of hydrogen-bond donors (Lipinski definition) is 1. The summed E-state index contributed by atoms with van der Waals surface area (Å²) in [6.45, 7) is 4.49. The molecule has 0 aromatic carbocycles. The van der Waals surface area contributed by atoms with Crippen LogP contribution in [0.15, 0.2) is 12.2 Å². The third kappa shape index (κ3) is 4.39. The molecule has 0 amide bonds. The fourth-order valence-electron chi connectivity index (χ4n) is 1.11. The second-order valence-corrected chi connectivity index (χ2v) is 3.77. The molecular weight excluding hydrogens is 182 g/mol. The van der Waals surface area contributed by atoms with Crippen molar-refractivity contribution in [2.24, 2.45) is 0 Å². The zero-order valence-corrected chi connectivity index (χ0v) is 9.36. The maximum absolute atomic E-state index is 11.0. The summed E-state index contributed by atoms with van der Waals surface area (Å²) in [6.07, 6.45) is 2.69. The minimum Gasteiger partial charge on any atom is -0.384 e. The van der Waals surface area contributed by atoms with E-state index in [0.717, 1.165) is 13.0 Å². The van der Waals surface area contributed by atoms with Crippen LogP contribution in [-0.4, -0.2) is 42.6 Å². The first-order valence-electron chi connectivity index (χ1n) is 4.78. The van der Waals surface area contributed by atoms with Crippen LogP contribution in [0.5, 0.6) is 0 Å². The molecule has 0 aliphatic carbocycles. The first kappa shape index (κ1) is 13.1. The van der Waals surface area contributed by atoms with E-state index in [0.29, 0.717) is 0 Å². The third-order valence-corrected chi connectivity index (χ3v) is 1.92. The first-order valence-corrected chi connectivity index (χ1v) is 4.78. The maximum Gasteiger partial charge on any atom is 0.351 e. The van der Waals surface area contributed by atoms with E-state index in [1.807, 2.05) is 21.0 Å². The highest BCUT2D eigenvalue weighted by atomic mass is 16.7. The molecule has 0 heterocycles. The number of nitrogens with zero attached hydrogens (tertiary/aromatic N) is 1. The minimum atomic E-state index is -1.10. The van der Waals surface area contributed by atoms with E-state index in [4.69, 9.17) is 4.74 Å². The molecule has 14 heavy (non-hydrogen) atoms. The number of carbonyl (C=O) groups is 1. The van der Waals surface area contributed by atoms with Crippen LogP contribution in [-0.2, 0) is 9.53 Å². The summed E-state index contributed by atoms with van der Waals surface area (Å²) >= 11 is 0. The number of quaternary nitrogens is 1. The standard InChI is InChI=1S/C10H20NO3/c1-5-7-9(12)14-10(13)11(3,4)8-6-2/h5,7,10,13H,6,8H2,1-4H3/q+1. The zero-order chi connectivity index (χ0) is 11.2. The Balaban J connectivity index is 4.18. The van der Waals surface area contributed by atoms with Crippen LogP contribution in [0, 0.1) is 0 Å². The zero-order valence-electron chi connectivity index (χ0n) is 9.36. The lowest BCUT2D eigenvalue weighted by Crippen LogP contribution is -2.51. The van der Waals surface area contributed by atoms with Gasteiger partial charge in [-0.15, -0.1) is 0 Å². The van der Waals surface area contributed by atoms with Gasteiger partial charge >= 0.3 is 12.4 Å². The van der Waals surface area contributed by atoms with Gasteiger partial charge in [0.15, 0.2) is 0 Å². The van der Waals surface area contributed by atoms with Gasteiger partial charge in [-0.1, -0.05) is 13.0 Å². The number of esters is 1. The van der Waals surface area contributed by atoms with Crippen molar-refractivity contribution in [2.45, 2.75) is 26.7 Å². The van der Waals surface area contributed by atoms with E-state index >= 15 is 0 Å². The number of ether oxygens (including phenoxy) is 1. The number of rotatable bonds is 5. The van der Waals surface area contributed by atoms with E-state index in [9.17, 15) is 9.90 Å². The Morgan fingerprint density at radius 3 is 2.57 bits per heavy atom. The summed E-state index contributed by atoms with van der Waals surface area (Å²) in [7, 11) is 3.63. The molecule has 4 heteroatoms. The Kier molecular flexibility index (Phi) is 5.42. The van der Waals surface area contributed by atoms with Crippen molar-refractivity contribution in [3.63, 3.8) is 0 Å². The Morgan fingerprint density at radius 1 is 1.57 bits per heavy atom. The molecule has 0 bridgehead atoms. The molecule has 0 aliphatic rings. The van der Waals surface area contributed by atoms with Crippen LogP contribution in [0.2, 0.25) is 0 Å². The summed E-state index contributed by atoms with van der Waals surface area (Å²) in [5.41, 5.74) is 0. The van der Waals surface area contributed by atoms with Crippen molar-refractivity contribution >= 4 is 5.97 Å². The van der Waals surface area contributed by atoms with Crippen molar-refractivity contribution < 1.29 is 19.1 Å². The molecule has 1 atom stereocenters. The van der Waals surface area contributed by atoms with Gasteiger partial charge < -0.3 is 9.84 Å². The normalized spacial score (nSPS) is 14.4. The van der Waals surface area contributed by atoms with Gasteiger partial charge in [-0.2, -0.15) is 0 Å². The van der Waals surface area contributed by atoms with Crippen molar-refractivity contribution in [3.05, 3.63) is 12.2 Å². The smallest absolute Gasteiger partial charge is 0.351 e. The van der Waals surface area contributed by atoms with Crippen molar-refractivity contribution in [1.29, 1.82) is 0 Å². The molecule has 0 saturated heterocycles. The predicted molar refractivity (Wildman–Crippen MR) is 54.2 cm³/mol. The maximum atomic E-state index is 11.0. The molecule has 0 radical (unpaired) electrons. The van der Waals surface area contributed by atoms with Crippen molar-refractivity contribution in [1.82, 2.24) is 0 Å². The number of carbonyl (C=O) groups excluding carboxylic acids is 1. The molecular formula is C10H20NO3+. The molecule has 0 aromatic rings. The largest absolute Gasteiger partial charge is 0.384 e. The second-order valence-electron chi connectivity index (χ2n) is 3.77. The molecule has 4 nitrogen and oxygen atoms in total. The van der Waals surface area contributed by atoms with E-state index in [2.05, 4.69) is 0 Å². The van der Waals surface area contributed by atoms with Gasteiger partial charge in [-0.3, -0.25) is 4.48 Å². The number of aliphatic hydroxyl groups excluding tert-OH is 1. The summed E-state index contributed by atoms with van der Waals surface area (Å²) in [4.78, 5) is 11.0. The second kappa shape index (κ2) is 5.78. The molecule has 0 rings (SSSR count). The lowest BCUT2D eigenvalue weighted by atomic mass is 10.4. The van der Waals surface area contributed by atoms with E-state index in [1.54, 1.807) is 13.0 Å². The average Bonchev–Trinajstić information content (AvgIpc) is 2.04. The quantitative estimate of drug-likeness (QED) is 0.311. The SMILES string of the molecule is CC=CC(=O)OC(O)[N+](C)(C)CCC. The van der Waals surface area contributed by atoms with Gasteiger partial charge in [-0.25, -0.2) is 4.79 Å². The molecule has 0 fully saturated rings. The third-order valence-electron chi connectivity index (χ3n) is 1.92. The monoisotopic (exact) mass is 202 g/mol. The predicted octanol–water partition coefficient (Wildman–Crippen LogP) is 0.868. The van der Waals surface area contributed by atoms with Gasteiger partial charge in [0.1, 0.15) is 0 Å². The summed E-state index contributed by atoms with van der Waals surface area (Å²) in [5.74, 6) is -0.512. The summed E-state index contributed by atoms with van der Waals surface area (Å²) in [6, 6.07) is 0. The minimum absolute atomic E-state index is 0.264. The van der Waals surface area contributed by atoms with Gasteiger partial charge in [0, 0.05) is 6.08 Å². The molecule has 0 aromatic heterocycles. The molecule has 0 aliphatic heterocycles. The Hall–Kier alpha value is -0.870. The Bertz CT molecular complexity index is 211. The topological polar surface area (TPSA) is 46.5 Å². The fraction of sp³-hybridized carbons (Fsp3) is 0.700. The van der Waals surface area contributed by atoms with Crippen LogP contribution in [0.1, 0.15) is 20.3 Å². The highest BCUT2D eigenvalue weighted by molar-refractivity contribution is 5.81. The van der Waals surface area contributed by atoms with Crippen LogP contribution >= 0.6 is 0 Å².